The Hall–Kier alpha value is -2.41. The first kappa shape index (κ1) is 21.9. The topological polar surface area (TPSA) is 98.7 Å². The molecule has 1 saturated heterocycles. The first-order valence-corrected chi connectivity index (χ1v) is 9.58. The molecule has 1 aromatic carbocycles. The average Bonchev–Trinajstić information content (AvgIpc) is 2.99. The van der Waals surface area contributed by atoms with Crippen molar-refractivity contribution >= 4 is 17.7 Å². The van der Waals surface area contributed by atoms with Gasteiger partial charge in [0.25, 0.3) is 0 Å². The van der Waals surface area contributed by atoms with Gasteiger partial charge in [0.05, 0.1) is 6.10 Å². The molecule has 7 heteroatoms. The van der Waals surface area contributed by atoms with Gasteiger partial charge >= 0.3 is 0 Å². The summed E-state index contributed by atoms with van der Waals surface area (Å²) in [5, 5.41) is 15.7. The van der Waals surface area contributed by atoms with Gasteiger partial charge in [0, 0.05) is 26.4 Å². The largest absolute Gasteiger partial charge is 0.391 e. The Morgan fingerprint density at radius 1 is 1.25 bits per heavy atom. The van der Waals surface area contributed by atoms with E-state index in [1.165, 1.54) is 11.8 Å². The molecule has 1 aliphatic heterocycles. The van der Waals surface area contributed by atoms with Crippen LogP contribution in [-0.2, 0) is 20.9 Å². The molecule has 0 radical (unpaired) electrons. The maximum absolute atomic E-state index is 13.1. The third kappa shape index (κ3) is 5.32. The number of β-amino-alcohol motifs (C(OH)–C–C–N with tert-alkyl or cyclic N) is 1. The van der Waals surface area contributed by atoms with Gasteiger partial charge in [0.2, 0.25) is 17.7 Å². The predicted molar refractivity (Wildman–Crippen MR) is 106 cm³/mol. The zero-order valence-corrected chi connectivity index (χ0v) is 17.3. The lowest BCUT2D eigenvalue weighted by molar-refractivity contribution is -0.143. The van der Waals surface area contributed by atoms with Crippen LogP contribution in [0, 0.1) is 12.3 Å². The minimum absolute atomic E-state index is 0.0768. The predicted octanol–water partition coefficient (Wildman–Crippen LogP) is 1.12. The number of amides is 3. The van der Waals surface area contributed by atoms with Gasteiger partial charge in [-0.05, 0) is 23.5 Å². The number of aryl methyl sites for hydroxylation is 1. The van der Waals surface area contributed by atoms with Crippen LogP contribution >= 0.6 is 0 Å². The average molecular weight is 389 g/mol. The lowest BCUT2D eigenvalue weighted by Crippen LogP contribution is -2.57. The molecule has 0 bridgehead atoms. The number of nitrogens with one attached hydrogen (secondary N) is 2. The van der Waals surface area contributed by atoms with E-state index in [0.717, 1.165) is 11.1 Å². The summed E-state index contributed by atoms with van der Waals surface area (Å²) in [5.41, 5.74) is 1.54. The Morgan fingerprint density at radius 2 is 1.89 bits per heavy atom. The number of nitrogens with zero attached hydrogens (tertiary/aromatic N) is 1. The fourth-order valence-electron chi connectivity index (χ4n) is 3.43. The maximum Gasteiger partial charge on any atom is 0.246 e. The second-order valence-corrected chi connectivity index (χ2v) is 8.54. The summed E-state index contributed by atoms with van der Waals surface area (Å²) in [6, 6.07) is 6.22. The van der Waals surface area contributed by atoms with Crippen LogP contribution in [0.4, 0.5) is 0 Å². The number of rotatable bonds is 5. The first-order valence-electron chi connectivity index (χ1n) is 9.58. The van der Waals surface area contributed by atoms with Crippen molar-refractivity contribution in [2.24, 2.45) is 5.41 Å². The Morgan fingerprint density at radius 3 is 2.46 bits per heavy atom. The lowest BCUT2D eigenvalue weighted by atomic mass is 9.85. The molecule has 7 nitrogen and oxygen atoms in total. The monoisotopic (exact) mass is 389 g/mol. The molecule has 3 amide bonds. The summed E-state index contributed by atoms with van der Waals surface area (Å²) in [6.07, 6.45) is -0.585. The summed E-state index contributed by atoms with van der Waals surface area (Å²) >= 11 is 0. The molecule has 154 valence electrons. The Labute approximate surface area is 166 Å². The minimum Gasteiger partial charge on any atom is -0.391 e. The van der Waals surface area contributed by atoms with E-state index in [0.29, 0.717) is 6.54 Å². The molecule has 0 spiro atoms. The second-order valence-electron chi connectivity index (χ2n) is 8.54. The molecule has 3 atom stereocenters. The fourth-order valence-corrected chi connectivity index (χ4v) is 3.43. The number of carbonyl (C=O) groups is 3. The molecule has 1 aromatic rings. The number of likely N-dealkylation sites (tertiary alicyclic amines) is 1. The van der Waals surface area contributed by atoms with E-state index in [1.54, 1.807) is 0 Å². The van der Waals surface area contributed by atoms with Crippen LogP contribution in [0.15, 0.2) is 24.3 Å². The van der Waals surface area contributed by atoms with Gasteiger partial charge < -0.3 is 20.6 Å². The summed E-state index contributed by atoms with van der Waals surface area (Å²) in [6.45, 7) is 9.32. The standard InChI is InChI=1S/C21H31N3O4/c1-13-8-6-7-9-15(13)11-22-19(27)17-10-16(26)12-24(17)20(28)18(21(3,4)5)23-14(2)25/h6-9,16-18,26H,10-12H2,1-5H3,(H,22,27)(H,23,25). The van der Waals surface area contributed by atoms with Crippen molar-refractivity contribution in [3.05, 3.63) is 35.4 Å². The van der Waals surface area contributed by atoms with E-state index >= 15 is 0 Å². The van der Waals surface area contributed by atoms with Crippen molar-refractivity contribution < 1.29 is 19.5 Å². The summed E-state index contributed by atoms with van der Waals surface area (Å²) in [5.74, 6) is -0.965. The van der Waals surface area contributed by atoms with Gasteiger partial charge in [-0.2, -0.15) is 0 Å². The lowest BCUT2D eigenvalue weighted by Gasteiger charge is -2.35. The van der Waals surface area contributed by atoms with Crippen LogP contribution in [0.1, 0.15) is 45.2 Å². The van der Waals surface area contributed by atoms with Gasteiger partial charge in [-0.25, -0.2) is 0 Å². The van der Waals surface area contributed by atoms with E-state index in [1.807, 2.05) is 52.0 Å². The molecule has 1 heterocycles. The Kier molecular flexibility index (Phi) is 6.82. The van der Waals surface area contributed by atoms with Crippen LogP contribution in [-0.4, -0.2) is 52.5 Å². The second kappa shape index (κ2) is 8.73. The highest BCUT2D eigenvalue weighted by atomic mass is 16.3. The van der Waals surface area contributed by atoms with E-state index in [4.69, 9.17) is 0 Å². The van der Waals surface area contributed by atoms with Gasteiger partial charge in [0.15, 0.2) is 0 Å². The van der Waals surface area contributed by atoms with Crippen LogP contribution < -0.4 is 10.6 Å². The smallest absolute Gasteiger partial charge is 0.246 e. The molecule has 1 fully saturated rings. The number of benzene rings is 1. The van der Waals surface area contributed by atoms with Crippen LogP contribution in [0.3, 0.4) is 0 Å². The van der Waals surface area contributed by atoms with Gasteiger partial charge in [0.1, 0.15) is 12.1 Å². The summed E-state index contributed by atoms with van der Waals surface area (Å²) < 4.78 is 0. The minimum atomic E-state index is -0.776. The third-order valence-corrected chi connectivity index (χ3v) is 5.04. The molecule has 0 aliphatic carbocycles. The number of aliphatic hydroxyl groups is 1. The SMILES string of the molecule is CC(=O)NC(C(=O)N1CC(O)CC1C(=O)NCc1ccccc1C)C(C)(C)C. The third-order valence-electron chi connectivity index (χ3n) is 5.04. The van der Waals surface area contributed by atoms with E-state index in [2.05, 4.69) is 10.6 Å². The molecule has 2 rings (SSSR count). The highest BCUT2D eigenvalue weighted by Crippen LogP contribution is 2.26. The number of hydrogen-bond acceptors (Lipinski definition) is 4. The van der Waals surface area contributed by atoms with Gasteiger partial charge in [-0.15, -0.1) is 0 Å². The van der Waals surface area contributed by atoms with Crippen LogP contribution in [0.25, 0.3) is 0 Å². The van der Waals surface area contributed by atoms with Crippen molar-refractivity contribution in [1.82, 2.24) is 15.5 Å². The van der Waals surface area contributed by atoms with E-state index in [-0.39, 0.29) is 30.7 Å². The Bertz CT molecular complexity index is 741. The van der Waals surface area contributed by atoms with Crippen molar-refractivity contribution in [2.45, 2.75) is 65.8 Å². The molecular formula is C21H31N3O4. The molecule has 0 saturated carbocycles. The van der Waals surface area contributed by atoms with Crippen LogP contribution in [0.2, 0.25) is 0 Å². The highest BCUT2D eigenvalue weighted by Gasteiger charge is 2.44. The zero-order valence-electron chi connectivity index (χ0n) is 17.3. The Balaban J connectivity index is 2.14. The van der Waals surface area contributed by atoms with E-state index in [9.17, 15) is 19.5 Å². The van der Waals surface area contributed by atoms with Crippen LogP contribution in [0.5, 0.6) is 0 Å². The van der Waals surface area contributed by atoms with E-state index < -0.39 is 23.6 Å². The summed E-state index contributed by atoms with van der Waals surface area (Å²) in [4.78, 5) is 38.9. The molecule has 3 unspecified atom stereocenters. The zero-order chi connectivity index (χ0) is 21.1. The normalized spacial score (nSPS) is 20.6. The quantitative estimate of drug-likeness (QED) is 0.703. The first-order chi connectivity index (χ1) is 13.0. The molecular weight excluding hydrogens is 358 g/mol. The molecule has 1 aliphatic rings. The number of carbonyl (C=O) groups excluding carboxylic acids is 3. The van der Waals surface area contributed by atoms with Crippen molar-refractivity contribution in [1.29, 1.82) is 0 Å². The van der Waals surface area contributed by atoms with Crippen molar-refractivity contribution in [3.63, 3.8) is 0 Å². The summed E-state index contributed by atoms with van der Waals surface area (Å²) in [7, 11) is 0. The molecule has 0 aromatic heterocycles. The van der Waals surface area contributed by atoms with Gasteiger partial charge in [-0.1, -0.05) is 45.0 Å². The van der Waals surface area contributed by atoms with Crippen molar-refractivity contribution in [2.75, 3.05) is 6.54 Å². The highest BCUT2D eigenvalue weighted by molar-refractivity contribution is 5.92. The number of aliphatic hydroxyl groups excluding tert-OH is 1. The van der Waals surface area contributed by atoms with Crippen molar-refractivity contribution in [3.8, 4) is 0 Å². The maximum atomic E-state index is 13.1. The van der Waals surface area contributed by atoms with Gasteiger partial charge in [-0.3, -0.25) is 14.4 Å². The fraction of sp³-hybridized carbons (Fsp3) is 0.571. The molecule has 3 N–H and O–H groups in total. The molecule has 28 heavy (non-hydrogen) atoms. The number of hydrogen-bond donors (Lipinski definition) is 3.